The van der Waals surface area contributed by atoms with Gasteiger partial charge in [0, 0.05) is 35.8 Å². The maximum atomic E-state index is 13.7. The Balaban J connectivity index is 1.80. The standard InChI is InChI=1S/C19H16FN3O2/c1-25-17-10-13(3-5-16(17)20)18-21-8-9-23(18)14-4-2-12-6-7-22-19(24)15(12)11-14/h2-5,8-11H,6-7H2,1H3,(H,22,24). The third kappa shape index (κ3) is 2.65. The molecular formula is C19H16FN3O2. The van der Waals surface area contributed by atoms with E-state index in [9.17, 15) is 9.18 Å². The van der Waals surface area contributed by atoms with Crippen LogP contribution >= 0.6 is 0 Å². The SMILES string of the molecule is COc1cc(-c2nccn2-c2ccc3c(c2)C(=O)NCC3)ccc1F. The lowest BCUT2D eigenvalue weighted by molar-refractivity contribution is 0.0946. The van der Waals surface area contributed by atoms with E-state index >= 15 is 0 Å². The Morgan fingerprint density at radius 1 is 1.24 bits per heavy atom. The molecule has 2 heterocycles. The predicted octanol–water partition coefficient (Wildman–Crippen LogP) is 2.97. The van der Waals surface area contributed by atoms with Crippen molar-refractivity contribution in [3.8, 4) is 22.8 Å². The minimum Gasteiger partial charge on any atom is -0.494 e. The highest BCUT2D eigenvalue weighted by Gasteiger charge is 2.18. The number of aromatic nitrogens is 2. The van der Waals surface area contributed by atoms with Crippen molar-refractivity contribution >= 4 is 5.91 Å². The number of hydrogen-bond acceptors (Lipinski definition) is 3. The van der Waals surface area contributed by atoms with E-state index in [2.05, 4.69) is 10.3 Å². The summed E-state index contributed by atoms with van der Waals surface area (Å²) in [6.07, 6.45) is 4.31. The summed E-state index contributed by atoms with van der Waals surface area (Å²) in [6, 6.07) is 10.4. The number of methoxy groups -OCH3 is 1. The van der Waals surface area contributed by atoms with E-state index in [0.29, 0.717) is 17.9 Å². The smallest absolute Gasteiger partial charge is 0.251 e. The van der Waals surface area contributed by atoms with Crippen LogP contribution in [-0.4, -0.2) is 29.1 Å². The highest BCUT2D eigenvalue weighted by atomic mass is 19.1. The van der Waals surface area contributed by atoms with Gasteiger partial charge in [-0.2, -0.15) is 0 Å². The fraction of sp³-hybridized carbons (Fsp3) is 0.158. The van der Waals surface area contributed by atoms with E-state index in [0.717, 1.165) is 23.2 Å². The third-order valence-corrected chi connectivity index (χ3v) is 4.35. The van der Waals surface area contributed by atoms with Gasteiger partial charge in [0.2, 0.25) is 0 Å². The van der Waals surface area contributed by atoms with Gasteiger partial charge in [0.15, 0.2) is 11.6 Å². The molecule has 5 nitrogen and oxygen atoms in total. The van der Waals surface area contributed by atoms with Crippen LogP contribution in [0.25, 0.3) is 17.1 Å². The fourth-order valence-corrected chi connectivity index (χ4v) is 3.07. The minimum absolute atomic E-state index is 0.0618. The van der Waals surface area contributed by atoms with E-state index in [1.807, 2.05) is 29.0 Å². The second-order valence-corrected chi connectivity index (χ2v) is 5.82. The van der Waals surface area contributed by atoms with E-state index in [-0.39, 0.29) is 11.7 Å². The van der Waals surface area contributed by atoms with Gasteiger partial charge in [0.05, 0.1) is 7.11 Å². The van der Waals surface area contributed by atoms with Crippen molar-refractivity contribution < 1.29 is 13.9 Å². The summed E-state index contributed by atoms with van der Waals surface area (Å²) in [7, 11) is 1.43. The molecule has 4 rings (SSSR count). The number of rotatable bonds is 3. The molecule has 1 aliphatic rings. The first kappa shape index (κ1) is 15.4. The molecule has 25 heavy (non-hydrogen) atoms. The van der Waals surface area contributed by atoms with Crippen LogP contribution in [0.2, 0.25) is 0 Å². The number of fused-ring (bicyclic) bond motifs is 1. The van der Waals surface area contributed by atoms with Gasteiger partial charge in [-0.3, -0.25) is 9.36 Å². The van der Waals surface area contributed by atoms with Crippen molar-refractivity contribution in [2.75, 3.05) is 13.7 Å². The van der Waals surface area contributed by atoms with Gasteiger partial charge in [-0.15, -0.1) is 0 Å². The summed E-state index contributed by atoms with van der Waals surface area (Å²) in [5.41, 5.74) is 3.27. The second-order valence-electron chi connectivity index (χ2n) is 5.82. The fourth-order valence-electron chi connectivity index (χ4n) is 3.07. The molecule has 1 amide bonds. The molecule has 0 radical (unpaired) electrons. The molecule has 1 aromatic heterocycles. The Hall–Kier alpha value is -3.15. The van der Waals surface area contributed by atoms with Crippen molar-refractivity contribution in [2.24, 2.45) is 0 Å². The second kappa shape index (κ2) is 6.05. The van der Waals surface area contributed by atoms with Crippen LogP contribution in [0, 0.1) is 5.82 Å². The summed E-state index contributed by atoms with van der Waals surface area (Å²) in [5, 5.41) is 2.86. The number of amides is 1. The molecule has 3 aromatic rings. The van der Waals surface area contributed by atoms with Gasteiger partial charge >= 0.3 is 0 Å². The first-order chi connectivity index (χ1) is 12.2. The molecule has 0 atom stereocenters. The summed E-state index contributed by atoms with van der Waals surface area (Å²) in [6.45, 7) is 0.664. The molecule has 0 aliphatic carbocycles. The summed E-state index contributed by atoms with van der Waals surface area (Å²) in [4.78, 5) is 16.5. The van der Waals surface area contributed by atoms with Gasteiger partial charge in [-0.1, -0.05) is 6.07 Å². The molecule has 0 bridgehead atoms. The number of hydrogen-bond donors (Lipinski definition) is 1. The van der Waals surface area contributed by atoms with Crippen LogP contribution in [0.4, 0.5) is 4.39 Å². The molecule has 0 spiro atoms. The summed E-state index contributed by atoms with van der Waals surface area (Å²) in [5.74, 6) is 0.328. The predicted molar refractivity (Wildman–Crippen MR) is 91.5 cm³/mol. The molecule has 0 saturated carbocycles. The first-order valence-electron chi connectivity index (χ1n) is 7.96. The lowest BCUT2D eigenvalue weighted by Gasteiger charge is -2.18. The summed E-state index contributed by atoms with van der Waals surface area (Å²) < 4.78 is 20.6. The molecule has 0 unspecified atom stereocenters. The number of imidazole rings is 1. The molecular weight excluding hydrogens is 321 g/mol. The average molecular weight is 337 g/mol. The minimum atomic E-state index is -0.421. The van der Waals surface area contributed by atoms with Crippen molar-refractivity contribution in [2.45, 2.75) is 6.42 Å². The highest BCUT2D eigenvalue weighted by Crippen LogP contribution is 2.28. The highest BCUT2D eigenvalue weighted by molar-refractivity contribution is 5.97. The van der Waals surface area contributed by atoms with Gasteiger partial charge in [-0.05, 0) is 42.3 Å². The van der Waals surface area contributed by atoms with Crippen molar-refractivity contribution in [3.05, 3.63) is 65.7 Å². The molecule has 1 aliphatic heterocycles. The number of carbonyl (C=O) groups is 1. The largest absolute Gasteiger partial charge is 0.494 e. The lowest BCUT2D eigenvalue weighted by atomic mass is 9.99. The van der Waals surface area contributed by atoms with Gasteiger partial charge in [0.25, 0.3) is 5.91 Å². The molecule has 1 N–H and O–H groups in total. The monoisotopic (exact) mass is 337 g/mol. The first-order valence-corrected chi connectivity index (χ1v) is 7.96. The third-order valence-electron chi connectivity index (χ3n) is 4.35. The normalized spacial score (nSPS) is 13.3. The van der Waals surface area contributed by atoms with Crippen LogP contribution in [0.15, 0.2) is 48.8 Å². The van der Waals surface area contributed by atoms with Crippen molar-refractivity contribution in [3.63, 3.8) is 0 Å². The van der Waals surface area contributed by atoms with Crippen LogP contribution in [0.1, 0.15) is 15.9 Å². The molecule has 2 aromatic carbocycles. The van der Waals surface area contributed by atoms with E-state index in [1.54, 1.807) is 18.3 Å². The number of nitrogens with zero attached hydrogens (tertiary/aromatic N) is 2. The summed E-state index contributed by atoms with van der Waals surface area (Å²) >= 11 is 0. The Labute approximate surface area is 144 Å². The lowest BCUT2D eigenvalue weighted by Crippen LogP contribution is -2.31. The number of nitrogens with one attached hydrogen (secondary N) is 1. The van der Waals surface area contributed by atoms with Crippen LogP contribution in [-0.2, 0) is 6.42 Å². The Morgan fingerprint density at radius 3 is 2.96 bits per heavy atom. The van der Waals surface area contributed by atoms with E-state index < -0.39 is 5.82 Å². The number of carbonyl (C=O) groups excluding carboxylic acids is 1. The zero-order chi connectivity index (χ0) is 17.4. The molecule has 0 fully saturated rings. The Kier molecular flexibility index (Phi) is 3.72. The quantitative estimate of drug-likeness (QED) is 0.799. The van der Waals surface area contributed by atoms with Crippen molar-refractivity contribution in [1.82, 2.24) is 14.9 Å². The topological polar surface area (TPSA) is 56.2 Å². The van der Waals surface area contributed by atoms with E-state index in [1.165, 1.54) is 13.2 Å². The maximum Gasteiger partial charge on any atom is 0.251 e. The number of halogens is 1. The Morgan fingerprint density at radius 2 is 2.12 bits per heavy atom. The van der Waals surface area contributed by atoms with Crippen LogP contribution in [0.3, 0.4) is 0 Å². The van der Waals surface area contributed by atoms with Gasteiger partial charge in [0.1, 0.15) is 5.82 Å². The van der Waals surface area contributed by atoms with Gasteiger partial charge in [-0.25, -0.2) is 9.37 Å². The average Bonchev–Trinajstić information content (AvgIpc) is 3.12. The maximum absolute atomic E-state index is 13.7. The number of benzene rings is 2. The zero-order valence-corrected chi connectivity index (χ0v) is 13.6. The molecule has 0 saturated heterocycles. The number of ether oxygens (including phenoxy) is 1. The molecule has 6 heteroatoms. The van der Waals surface area contributed by atoms with Gasteiger partial charge < -0.3 is 10.1 Å². The molecule has 126 valence electrons. The Bertz CT molecular complexity index is 965. The van der Waals surface area contributed by atoms with Crippen LogP contribution < -0.4 is 10.1 Å². The zero-order valence-electron chi connectivity index (χ0n) is 13.6. The van der Waals surface area contributed by atoms with E-state index in [4.69, 9.17) is 4.74 Å². The van der Waals surface area contributed by atoms with Crippen molar-refractivity contribution in [1.29, 1.82) is 0 Å². The van der Waals surface area contributed by atoms with Crippen LogP contribution in [0.5, 0.6) is 5.75 Å².